The predicted molar refractivity (Wildman–Crippen MR) is 252 cm³/mol. The SMILES string of the molecule is COC(CC(=O)N1CCC[C@H]1[C@H](OC)[C@@H](C)C(=O)N[C@H](C(=O)O)C(C)c1ccccc1)[C@H](C(C)C)N(C)C(=O)[C@@H](NC(=O)[C@H](C(C)C)N(C)C(=O)CCNC(=O)CCN1C(=O)C=CC1=O)C(C)C. The van der Waals surface area contributed by atoms with Crippen LogP contribution in [0.4, 0.5) is 0 Å². The Morgan fingerprint density at radius 2 is 1.38 bits per heavy atom. The third-order valence-corrected chi connectivity index (χ3v) is 13.2. The molecule has 3 rings (SSSR count). The molecule has 2 unspecified atom stereocenters. The van der Waals surface area contributed by atoms with E-state index in [1.54, 1.807) is 77.8 Å². The lowest BCUT2D eigenvalue weighted by molar-refractivity contribution is -0.149. The number of nitrogens with zero attached hydrogens (tertiary/aromatic N) is 4. The van der Waals surface area contributed by atoms with Gasteiger partial charge in [0, 0.05) is 78.9 Å². The summed E-state index contributed by atoms with van der Waals surface area (Å²) in [5.41, 5.74) is 0.757. The van der Waals surface area contributed by atoms with Crippen LogP contribution in [-0.2, 0) is 52.6 Å². The number of carboxylic acid groups (broad SMARTS) is 1. The molecule has 1 aromatic carbocycles. The van der Waals surface area contributed by atoms with Crippen molar-refractivity contribution in [3.63, 3.8) is 0 Å². The van der Waals surface area contributed by atoms with Crippen molar-refractivity contribution in [3.8, 4) is 0 Å². The van der Waals surface area contributed by atoms with Gasteiger partial charge in [0.15, 0.2) is 0 Å². The second kappa shape index (κ2) is 26.2. The molecule has 2 heterocycles. The van der Waals surface area contributed by atoms with Gasteiger partial charge in [-0.1, -0.05) is 85.7 Å². The summed E-state index contributed by atoms with van der Waals surface area (Å²) in [5.74, 6) is -7.14. The third kappa shape index (κ3) is 14.7. The summed E-state index contributed by atoms with van der Waals surface area (Å²) in [5, 5.41) is 18.3. The highest BCUT2D eigenvalue weighted by molar-refractivity contribution is 6.13. The molecule has 68 heavy (non-hydrogen) atoms. The van der Waals surface area contributed by atoms with E-state index < -0.39 is 107 Å². The van der Waals surface area contributed by atoms with Crippen LogP contribution in [-0.4, -0.2) is 168 Å². The lowest BCUT2D eigenvalue weighted by atomic mass is 9.90. The van der Waals surface area contributed by atoms with E-state index in [2.05, 4.69) is 16.0 Å². The van der Waals surface area contributed by atoms with Crippen LogP contribution in [0.2, 0.25) is 0 Å². The largest absolute Gasteiger partial charge is 0.480 e. The number of likely N-dealkylation sites (tertiary alicyclic amines) is 1. The maximum absolute atomic E-state index is 14.5. The van der Waals surface area contributed by atoms with Crippen molar-refractivity contribution in [2.75, 3.05) is 47.9 Å². The van der Waals surface area contributed by atoms with E-state index in [1.807, 2.05) is 19.9 Å². The number of methoxy groups -OCH3 is 2. The van der Waals surface area contributed by atoms with Gasteiger partial charge >= 0.3 is 5.97 Å². The number of carbonyl (C=O) groups is 9. The number of ether oxygens (including phenoxy) is 2. The topological polar surface area (TPSA) is 241 Å². The Morgan fingerprint density at radius 3 is 1.91 bits per heavy atom. The first-order chi connectivity index (χ1) is 32.0. The molecule has 1 aromatic rings. The highest BCUT2D eigenvalue weighted by atomic mass is 16.5. The zero-order chi connectivity index (χ0) is 51.2. The maximum Gasteiger partial charge on any atom is 0.326 e. The molecule has 0 aromatic heterocycles. The number of hydrogen-bond acceptors (Lipinski definition) is 11. The van der Waals surface area contributed by atoms with E-state index in [0.29, 0.717) is 19.4 Å². The van der Waals surface area contributed by atoms with Gasteiger partial charge in [-0.05, 0) is 36.2 Å². The van der Waals surface area contributed by atoms with Gasteiger partial charge in [-0.15, -0.1) is 0 Å². The third-order valence-electron chi connectivity index (χ3n) is 13.2. The molecule has 2 aliphatic rings. The highest BCUT2D eigenvalue weighted by Gasteiger charge is 2.44. The molecule has 19 nitrogen and oxygen atoms in total. The summed E-state index contributed by atoms with van der Waals surface area (Å²) < 4.78 is 11.9. The molecule has 1 fully saturated rings. The number of carboxylic acids is 1. The quantitative estimate of drug-likeness (QED) is 0.0980. The molecular formula is C49H75N7O12. The molecule has 1 saturated heterocycles. The van der Waals surface area contributed by atoms with Gasteiger partial charge < -0.3 is 45.2 Å². The van der Waals surface area contributed by atoms with Crippen molar-refractivity contribution in [2.45, 2.75) is 136 Å². The van der Waals surface area contributed by atoms with E-state index >= 15 is 0 Å². The fourth-order valence-corrected chi connectivity index (χ4v) is 9.32. The molecular weight excluding hydrogens is 879 g/mol. The number of hydrogen-bond donors (Lipinski definition) is 4. The summed E-state index contributed by atoms with van der Waals surface area (Å²) >= 11 is 0. The fourth-order valence-electron chi connectivity index (χ4n) is 9.32. The predicted octanol–water partition coefficient (Wildman–Crippen LogP) is 2.33. The zero-order valence-corrected chi connectivity index (χ0v) is 41.9. The van der Waals surface area contributed by atoms with E-state index in [0.717, 1.165) is 22.6 Å². The normalized spacial score (nSPS) is 18.4. The molecule has 4 N–H and O–H groups in total. The van der Waals surface area contributed by atoms with Gasteiger partial charge in [-0.25, -0.2) is 4.79 Å². The summed E-state index contributed by atoms with van der Waals surface area (Å²) in [7, 11) is 6.02. The van der Waals surface area contributed by atoms with Crippen LogP contribution in [0.3, 0.4) is 0 Å². The molecule has 0 radical (unpaired) electrons. The van der Waals surface area contributed by atoms with Crippen LogP contribution in [0, 0.1) is 23.7 Å². The lowest BCUT2D eigenvalue weighted by Crippen LogP contribution is -2.60. The van der Waals surface area contributed by atoms with Crippen LogP contribution < -0.4 is 16.0 Å². The van der Waals surface area contributed by atoms with Crippen LogP contribution in [0.25, 0.3) is 0 Å². The summed E-state index contributed by atoms with van der Waals surface area (Å²) in [4.78, 5) is 124. The fraction of sp³-hybridized carbons (Fsp3) is 0.653. The molecule has 19 heteroatoms. The minimum atomic E-state index is -1.20. The van der Waals surface area contributed by atoms with Crippen LogP contribution >= 0.6 is 0 Å². The second-order valence-corrected chi connectivity index (χ2v) is 18.9. The molecule has 0 saturated carbocycles. The summed E-state index contributed by atoms with van der Waals surface area (Å²) in [6.45, 7) is 14.6. The highest BCUT2D eigenvalue weighted by Crippen LogP contribution is 2.30. The molecule has 0 bridgehead atoms. The number of nitrogens with one attached hydrogen (secondary N) is 3. The number of carbonyl (C=O) groups excluding carboxylic acids is 8. The molecule has 9 atom stereocenters. The first-order valence-corrected chi connectivity index (χ1v) is 23.5. The van der Waals surface area contributed by atoms with Crippen molar-refractivity contribution in [3.05, 3.63) is 48.0 Å². The van der Waals surface area contributed by atoms with Crippen molar-refractivity contribution >= 4 is 53.2 Å². The smallest absolute Gasteiger partial charge is 0.326 e. The van der Waals surface area contributed by atoms with Gasteiger partial charge in [0.25, 0.3) is 11.8 Å². The summed E-state index contributed by atoms with van der Waals surface area (Å²) in [6, 6.07) is 4.72. The van der Waals surface area contributed by atoms with Crippen LogP contribution in [0.1, 0.15) is 99.0 Å². The molecule has 8 amide bonds. The van der Waals surface area contributed by atoms with Crippen LogP contribution in [0.15, 0.2) is 42.5 Å². The first-order valence-electron chi connectivity index (χ1n) is 23.5. The zero-order valence-electron chi connectivity index (χ0n) is 41.9. The number of amides is 8. The Morgan fingerprint density at radius 1 is 0.779 bits per heavy atom. The Kier molecular flexibility index (Phi) is 21.8. The van der Waals surface area contributed by atoms with Gasteiger partial charge in [-0.2, -0.15) is 0 Å². The average molecular weight is 954 g/mol. The number of likely N-dealkylation sites (N-methyl/N-ethyl adjacent to an activating group) is 2. The van der Waals surface area contributed by atoms with Crippen molar-refractivity contribution in [1.82, 2.24) is 35.6 Å². The Hall–Kier alpha value is -5.69. The molecule has 378 valence electrons. The molecule has 2 aliphatic heterocycles. The molecule has 0 spiro atoms. The number of aliphatic carboxylic acids is 1. The second-order valence-electron chi connectivity index (χ2n) is 18.9. The van der Waals surface area contributed by atoms with Gasteiger partial charge in [0.1, 0.15) is 18.1 Å². The van der Waals surface area contributed by atoms with E-state index in [9.17, 15) is 48.3 Å². The van der Waals surface area contributed by atoms with E-state index in [1.165, 1.54) is 31.1 Å². The average Bonchev–Trinajstić information content (AvgIpc) is 3.90. The van der Waals surface area contributed by atoms with Crippen molar-refractivity contribution in [1.29, 1.82) is 0 Å². The number of rotatable bonds is 26. The van der Waals surface area contributed by atoms with Crippen LogP contribution in [0.5, 0.6) is 0 Å². The number of imide groups is 1. The number of benzene rings is 1. The standard InChI is InChI=1S/C49H75N7O12/c1-28(2)41(51-47(63)44(30(5)6)53(9)37(58)22-24-50-36(57)23-26-56-38(59)20-21-39(56)60)48(64)54(10)43(29(3)4)35(67-11)27-40(61)55-25-16-19-34(55)45(68-12)32(8)46(62)52-42(49(65)66)31(7)33-17-14-13-15-18-33/h13-15,17-18,20-21,28-32,34-35,41-45H,16,19,22-27H2,1-12H3,(H,50,57)(H,51,63)(H,52,62)(H,65,66)/t31?,32-,34+,35?,41+,42+,43+,44+,45-/m1/s1. The Labute approximate surface area is 401 Å². The van der Waals surface area contributed by atoms with Gasteiger partial charge in [0.05, 0.1) is 36.6 Å². The Balaban J connectivity index is 1.69. The van der Waals surface area contributed by atoms with E-state index in [4.69, 9.17) is 9.47 Å². The molecule has 0 aliphatic carbocycles. The first kappa shape index (κ1) is 56.6. The minimum Gasteiger partial charge on any atom is -0.480 e. The lowest BCUT2D eigenvalue weighted by Gasteiger charge is -2.40. The van der Waals surface area contributed by atoms with E-state index in [-0.39, 0.29) is 50.1 Å². The summed E-state index contributed by atoms with van der Waals surface area (Å²) in [6.07, 6.45) is 1.53. The maximum atomic E-state index is 14.5. The Bertz CT molecular complexity index is 1960. The monoisotopic (exact) mass is 954 g/mol. The van der Waals surface area contributed by atoms with Crippen molar-refractivity contribution in [2.24, 2.45) is 23.7 Å². The van der Waals surface area contributed by atoms with Gasteiger partial charge in [-0.3, -0.25) is 43.3 Å². The van der Waals surface area contributed by atoms with Gasteiger partial charge in [0.2, 0.25) is 35.4 Å². The van der Waals surface area contributed by atoms with Crippen molar-refractivity contribution < 1.29 is 57.7 Å². The minimum absolute atomic E-state index is 0.0438.